The van der Waals surface area contributed by atoms with Gasteiger partial charge in [0.05, 0.1) is 11.4 Å². The lowest BCUT2D eigenvalue weighted by Crippen LogP contribution is -2.49. The van der Waals surface area contributed by atoms with Crippen LogP contribution in [-0.4, -0.2) is 17.0 Å². The third kappa shape index (κ3) is 2.00. The highest BCUT2D eigenvalue weighted by Gasteiger charge is 2.55. The van der Waals surface area contributed by atoms with E-state index in [9.17, 15) is 0 Å². The molecule has 0 aliphatic carbocycles. The molecule has 0 saturated heterocycles. The van der Waals surface area contributed by atoms with Gasteiger partial charge in [0.2, 0.25) is 0 Å². The maximum atomic E-state index is 5.09. The lowest BCUT2D eigenvalue weighted by atomic mass is 9.82. The summed E-state index contributed by atoms with van der Waals surface area (Å²) in [5.41, 5.74) is 7.51. The summed E-state index contributed by atoms with van der Waals surface area (Å²) in [6, 6.07) is 19.4. The summed E-state index contributed by atoms with van der Waals surface area (Å²) in [5, 5.41) is 7.26. The number of aromatic nitrogens is 1. The van der Waals surface area contributed by atoms with Crippen molar-refractivity contribution >= 4 is 17.2 Å². The molecule has 3 aromatic rings. The molecule has 3 aliphatic heterocycles. The minimum absolute atomic E-state index is 0.0537. The average Bonchev–Trinajstić information content (AvgIpc) is 3.27. The Balaban J connectivity index is 0.000000829. The number of pyridine rings is 1. The van der Waals surface area contributed by atoms with E-state index >= 15 is 0 Å². The van der Waals surface area contributed by atoms with Crippen LogP contribution in [-0.2, 0) is 5.41 Å². The van der Waals surface area contributed by atoms with Gasteiger partial charge in [0.1, 0.15) is 6.17 Å². The third-order valence-corrected chi connectivity index (χ3v) is 5.91. The molecule has 6 rings (SSSR count). The Morgan fingerprint density at radius 3 is 2.25 bits per heavy atom. The first kappa shape index (κ1) is 17.0. The van der Waals surface area contributed by atoms with Crippen molar-refractivity contribution < 1.29 is 0 Å². The van der Waals surface area contributed by atoms with Gasteiger partial charge in [-0.2, -0.15) is 5.10 Å². The molecule has 0 N–H and O–H groups in total. The highest BCUT2D eigenvalue weighted by atomic mass is 15.6. The molecule has 2 aromatic carbocycles. The Labute approximate surface area is 166 Å². The Hall–Kier alpha value is -3.14. The van der Waals surface area contributed by atoms with E-state index in [1.54, 1.807) is 0 Å². The number of hydrogen-bond acceptors (Lipinski definition) is 4. The first-order chi connectivity index (χ1) is 13.7. The van der Waals surface area contributed by atoms with E-state index in [1.807, 2.05) is 38.4 Å². The summed E-state index contributed by atoms with van der Waals surface area (Å²) < 4.78 is 0. The van der Waals surface area contributed by atoms with Crippen LogP contribution in [0.15, 0.2) is 72.1 Å². The summed E-state index contributed by atoms with van der Waals surface area (Å²) in [4.78, 5) is 6.61. The SMILES string of the molecule is CC.CC1(C)c2cccc3c2N2C(=NN(c4ccncc4)C21)c1ccccc1-3. The second-order valence-corrected chi connectivity index (χ2v) is 7.69. The van der Waals surface area contributed by atoms with Gasteiger partial charge in [-0.15, -0.1) is 0 Å². The van der Waals surface area contributed by atoms with Crippen molar-refractivity contribution in [3.8, 4) is 11.1 Å². The van der Waals surface area contributed by atoms with Crippen molar-refractivity contribution in [3.63, 3.8) is 0 Å². The zero-order chi connectivity index (χ0) is 19.5. The van der Waals surface area contributed by atoms with E-state index in [0.29, 0.717) is 0 Å². The zero-order valence-corrected chi connectivity index (χ0v) is 16.7. The van der Waals surface area contributed by atoms with Gasteiger partial charge in [-0.1, -0.05) is 70.2 Å². The average molecular weight is 368 g/mol. The summed E-state index contributed by atoms with van der Waals surface area (Å²) in [7, 11) is 0. The number of hydrogen-bond donors (Lipinski definition) is 0. The minimum Gasteiger partial charge on any atom is -0.300 e. The highest BCUT2D eigenvalue weighted by molar-refractivity contribution is 6.22. The molecular formula is C24H24N4. The van der Waals surface area contributed by atoms with Crippen molar-refractivity contribution in [3.05, 3.63) is 78.1 Å². The number of amidine groups is 1. The first-order valence-corrected chi connectivity index (χ1v) is 9.98. The number of hydrazone groups is 1. The van der Waals surface area contributed by atoms with Crippen molar-refractivity contribution in [1.82, 2.24) is 4.98 Å². The van der Waals surface area contributed by atoms with Crippen LogP contribution in [0.2, 0.25) is 0 Å². The van der Waals surface area contributed by atoms with Gasteiger partial charge in [0.15, 0.2) is 5.84 Å². The van der Waals surface area contributed by atoms with Crippen molar-refractivity contribution in [2.75, 3.05) is 9.91 Å². The standard InChI is InChI=1S/C22H18N4.C2H6/c1-22(2)18-9-5-8-16-15-6-3-4-7-17(15)20-24-26(14-10-12-23-13-11-14)21(22)25(20)19(16)18;1-2/h3-13,21H,1-2H3;1-2H3. The molecule has 0 spiro atoms. The van der Waals surface area contributed by atoms with Gasteiger partial charge in [-0.3, -0.25) is 9.88 Å². The predicted octanol–water partition coefficient (Wildman–Crippen LogP) is 5.39. The quantitative estimate of drug-likeness (QED) is 0.577. The second-order valence-electron chi connectivity index (χ2n) is 7.69. The van der Waals surface area contributed by atoms with Gasteiger partial charge in [0.25, 0.3) is 0 Å². The highest BCUT2D eigenvalue weighted by Crippen LogP contribution is 2.56. The smallest absolute Gasteiger partial charge is 0.163 e. The summed E-state index contributed by atoms with van der Waals surface area (Å²) in [6.45, 7) is 8.64. The third-order valence-electron chi connectivity index (χ3n) is 5.91. The van der Waals surface area contributed by atoms with Gasteiger partial charge >= 0.3 is 0 Å². The molecule has 140 valence electrons. The minimum atomic E-state index is -0.0537. The zero-order valence-electron chi connectivity index (χ0n) is 16.7. The van der Waals surface area contributed by atoms with Gasteiger partial charge < -0.3 is 0 Å². The molecule has 4 heteroatoms. The Morgan fingerprint density at radius 2 is 1.50 bits per heavy atom. The van der Waals surface area contributed by atoms with E-state index in [4.69, 9.17) is 5.10 Å². The van der Waals surface area contributed by atoms with Crippen LogP contribution >= 0.6 is 0 Å². The van der Waals surface area contributed by atoms with E-state index in [0.717, 1.165) is 11.5 Å². The van der Waals surface area contributed by atoms with Gasteiger partial charge in [-0.05, 0) is 23.3 Å². The van der Waals surface area contributed by atoms with Crippen LogP contribution in [0.4, 0.5) is 11.4 Å². The Kier molecular flexibility index (Phi) is 3.60. The van der Waals surface area contributed by atoms with E-state index in [-0.39, 0.29) is 11.6 Å². The van der Waals surface area contributed by atoms with E-state index < -0.39 is 0 Å². The van der Waals surface area contributed by atoms with Crippen LogP contribution in [0.3, 0.4) is 0 Å². The van der Waals surface area contributed by atoms with Crippen molar-refractivity contribution in [2.45, 2.75) is 39.3 Å². The van der Waals surface area contributed by atoms with Gasteiger partial charge in [-0.25, -0.2) is 5.01 Å². The summed E-state index contributed by atoms with van der Waals surface area (Å²) in [5.74, 6) is 1.05. The van der Waals surface area contributed by atoms with Crippen molar-refractivity contribution in [2.24, 2.45) is 5.10 Å². The van der Waals surface area contributed by atoms with Crippen LogP contribution in [0.25, 0.3) is 11.1 Å². The number of anilines is 2. The second kappa shape index (κ2) is 5.93. The topological polar surface area (TPSA) is 31.7 Å². The predicted molar refractivity (Wildman–Crippen MR) is 116 cm³/mol. The molecule has 0 saturated carbocycles. The molecule has 28 heavy (non-hydrogen) atoms. The molecule has 0 radical (unpaired) electrons. The molecule has 4 nitrogen and oxygen atoms in total. The fourth-order valence-corrected chi connectivity index (χ4v) is 4.76. The molecule has 1 unspecified atom stereocenters. The summed E-state index contributed by atoms with van der Waals surface area (Å²) in [6.07, 6.45) is 3.80. The number of benzene rings is 2. The fourth-order valence-electron chi connectivity index (χ4n) is 4.76. The number of rotatable bonds is 1. The number of nitrogens with zero attached hydrogens (tertiary/aromatic N) is 4. The normalized spacial score (nSPS) is 19.4. The maximum Gasteiger partial charge on any atom is 0.163 e. The van der Waals surface area contributed by atoms with Gasteiger partial charge in [0, 0.05) is 28.9 Å². The lowest BCUT2D eigenvalue weighted by molar-refractivity contribution is 0.437. The molecule has 4 heterocycles. The van der Waals surface area contributed by atoms with Crippen molar-refractivity contribution in [1.29, 1.82) is 0 Å². The molecule has 0 bridgehead atoms. The molecular weight excluding hydrogens is 344 g/mol. The number of fused-ring (bicyclic) bond motifs is 3. The van der Waals surface area contributed by atoms with E-state index in [2.05, 4.69) is 71.2 Å². The number of para-hydroxylation sites is 1. The first-order valence-electron chi connectivity index (χ1n) is 9.98. The maximum absolute atomic E-state index is 5.09. The molecule has 1 aromatic heterocycles. The molecule has 3 aliphatic rings. The lowest BCUT2D eigenvalue weighted by Gasteiger charge is -2.35. The van der Waals surface area contributed by atoms with Crippen LogP contribution in [0.1, 0.15) is 38.8 Å². The fraction of sp³-hybridized carbons (Fsp3) is 0.250. The molecule has 0 fully saturated rings. The monoisotopic (exact) mass is 368 g/mol. The van der Waals surface area contributed by atoms with Crippen LogP contribution < -0.4 is 9.91 Å². The summed E-state index contributed by atoms with van der Waals surface area (Å²) >= 11 is 0. The van der Waals surface area contributed by atoms with Crippen LogP contribution in [0, 0.1) is 0 Å². The Bertz CT molecular complexity index is 1080. The Morgan fingerprint density at radius 1 is 0.821 bits per heavy atom. The molecule has 1 atom stereocenters. The largest absolute Gasteiger partial charge is 0.300 e. The molecule has 0 amide bonds. The van der Waals surface area contributed by atoms with E-state index in [1.165, 1.54) is 27.9 Å². The van der Waals surface area contributed by atoms with Crippen LogP contribution in [0.5, 0.6) is 0 Å².